The lowest BCUT2D eigenvalue weighted by molar-refractivity contribution is 0.0606. The lowest BCUT2D eigenvalue weighted by Gasteiger charge is -2.02. The first-order valence-electron chi connectivity index (χ1n) is 5.83. The third kappa shape index (κ3) is 2.37. The number of esters is 1. The quantitative estimate of drug-likeness (QED) is 0.689. The van der Waals surface area contributed by atoms with Crippen LogP contribution in [0.1, 0.15) is 15.2 Å². The molecule has 0 atom stereocenters. The molecule has 0 radical (unpaired) electrons. The van der Waals surface area contributed by atoms with Crippen molar-refractivity contribution in [3.05, 3.63) is 53.4 Å². The zero-order valence-electron chi connectivity index (χ0n) is 10.4. The molecule has 19 heavy (non-hydrogen) atoms. The first-order chi connectivity index (χ1) is 9.26. The summed E-state index contributed by atoms with van der Waals surface area (Å²) >= 11 is 1.45. The Labute approximate surface area is 114 Å². The van der Waals surface area contributed by atoms with Gasteiger partial charge in [0.1, 0.15) is 4.88 Å². The van der Waals surface area contributed by atoms with E-state index in [1.54, 1.807) is 12.5 Å². The summed E-state index contributed by atoms with van der Waals surface area (Å²) in [5, 5.41) is 1.07. The predicted molar refractivity (Wildman–Crippen MR) is 74.5 cm³/mol. The maximum atomic E-state index is 11.5. The van der Waals surface area contributed by atoms with E-state index in [-0.39, 0.29) is 5.97 Å². The first-order valence-corrected chi connectivity index (χ1v) is 6.64. The van der Waals surface area contributed by atoms with Gasteiger partial charge in [-0.05, 0) is 29.1 Å². The van der Waals surface area contributed by atoms with E-state index in [1.165, 1.54) is 24.0 Å². The minimum atomic E-state index is -0.280. The van der Waals surface area contributed by atoms with Gasteiger partial charge < -0.3 is 9.30 Å². The Hall–Kier alpha value is -2.14. The Morgan fingerprint density at radius 1 is 1.42 bits per heavy atom. The fraction of sp³-hybridized carbons (Fsp3) is 0.143. The van der Waals surface area contributed by atoms with Crippen molar-refractivity contribution in [3.8, 4) is 0 Å². The van der Waals surface area contributed by atoms with Gasteiger partial charge in [0.15, 0.2) is 0 Å². The highest BCUT2D eigenvalue weighted by atomic mass is 32.1. The summed E-state index contributed by atoms with van der Waals surface area (Å²) in [6, 6.07) is 8.08. The summed E-state index contributed by atoms with van der Waals surface area (Å²) in [5.74, 6) is -0.280. The second-order valence-electron chi connectivity index (χ2n) is 4.21. The molecule has 0 aliphatic rings. The van der Waals surface area contributed by atoms with E-state index in [2.05, 4.69) is 17.1 Å². The Morgan fingerprint density at radius 3 is 3.05 bits per heavy atom. The van der Waals surface area contributed by atoms with Crippen LogP contribution in [0.5, 0.6) is 0 Å². The minimum Gasteiger partial charge on any atom is -0.465 e. The van der Waals surface area contributed by atoms with Crippen LogP contribution in [0.4, 0.5) is 0 Å². The zero-order chi connectivity index (χ0) is 13.2. The Balaban J connectivity index is 1.94. The monoisotopic (exact) mass is 272 g/mol. The molecule has 0 bridgehead atoms. The van der Waals surface area contributed by atoms with Gasteiger partial charge in [0, 0.05) is 23.6 Å². The molecule has 0 amide bonds. The summed E-state index contributed by atoms with van der Waals surface area (Å²) < 4.78 is 7.84. The average molecular weight is 272 g/mol. The van der Waals surface area contributed by atoms with Gasteiger partial charge >= 0.3 is 5.97 Å². The molecule has 0 fully saturated rings. The molecule has 1 aromatic carbocycles. The second kappa shape index (κ2) is 4.85. The topological polar surface area (TPSA) is 44.1 Å². The zero-order valence-corrected chi connectivity index (χ0v) is 11.2. The number of nitrogens with zero attached hydrogens (tertiary/aromatic N) is 2. The molecule has 3 aromatic rings. The molecule has 0 spiro atoms. The van der Waals surface area contributed by atoms with E-state index >= 15 is 0 Å². The maximum absolute atomic E-state index is 11.5. The largest absolute Gasteiger partial charge is 0.465 e. The van der Waals surface area contributed by atoms with Crippen molar-refractivity contribution in [3.63, 3.8) is 0 Å². The highest BCUT2D eigenvalue weighted by Crippen LogP contribution is 2.27. The molecule has 0 unspecified atom stereocenters. The standard InChI is InChI=1S/C14H12N2O2S/c1-18-14(17)13-7-11-6-10(2-3-12(11)19-13)8-16-5-4-15-9-16/h2-7,9H,8H2,1H3. The van der Waals surface area contributed by atoms with Crippen molar-refractivity contribution < 1.29 is 9.53 Å². The molecule has 96 valence electrons. The van der Waals surface area contributed by atoms with E-state index in [1.807, 2.05) is 22.9 Å². The summed E-state index contributed by atoms with van der Waals surface area (Å²) in [7, 11) is 1.40. The van der Waals surface area contributed by atoms with Crippen LogP contribution in [0.25, 0.3) is 10.1 Å². The molecule has 0 saturated heterocycles. The summed E-state index contributed by atoms with van der Waals surface area (Å²) in [5.41, 5.74) is 1.18. The number of carbonyl (C=O) groups is 1. The van der Waals surface area contributed by atoms with Crippen LogP contribution < -0.4 is 0 Å². The molecule has 0 aliphatic carbocycles. The number of hydrogen-bond donors (Lipinski definition) is 0. The van der Waals surface area contributed by atoms with E-state index in [0.717, 1.165) is 16.6 Å². The summed E-state index contributed by atoms with van der Waals surface area (Å²) in [4.78, 5) is 16.2. The minimum absolute atomic E-state index is 0.280. The van der Waals surface area contributed by atoms with Crippen molar-refractivity contribution in [2.75, 3.05) is 7.11 Å². The molecule has 4 nitrogen and oxygen atoms in total. The fourth-order valence-electron chi connectivity index (χ4n) is 1.98. The molecule has 3 rings (SSSR count). The number of hydrogen-bond acceptors (Lipinski definition) is 4. The normalized spacial score (nSPS) is 10.8. The molecule has 2 heterocycles. The second-order valence-corrected chi connectivity index (χ2v) is 5.29. The first kappa shape index (κ1) is 11.9. The van der Waals surface area contributed by atoms with Crippen LogP contribution in [0.2, 0.25) is 0 Å². The number of rotatable bonds is 3. The highest BCUT2D eigenvalue weighted by molar-refractivity contribution is 7.20. The summed E-state index contributed by atoms with van der Waals surface area (Å²) in [6.45, 7) is 0.777. The van der Waals surface area contributed by atoms with Crippen LogP contribution in [0.15, 0.2) is 43.0 Å². The molecule has 2 aromatic heterocycles. The van der Waals surface area contributed by atoms with Crippen molar-refractivity contribution in [1.29, 1.82) is 0 Å². The highest BCUT2D eigenvalue weighted by Gasteiger charge is 2.10. The third-order valence-corrected chi connectivity index (χ3v) is 3.99. The van der Waals surface area contributed by atoms with E-state index in [4.69, 9.17) is 4.74 Å². The van der Waals surface area contributed by atoms with Gasteiger partial charge in [-0.1, -0.05) is 6.07 Å². The Morgan fingerprint density at radius 2 is 2.32 bits per heavy atom. The van der Waals surface area contributed by atoms with Crippen LogP contribution in [-0.2, 0) is 11.3 Å². The Kier molecular flexibility index (Phi) is 3.05. The lowest BCUT2D eigenvalue weighted by atomic mass is 10.1. The number of ether oxygens (including phenoxy) is 1. The molecule has 0 N–H and O–H groups in total. The number of carbonyl (C=O) groups excluding carboxylic acids is 1. The van der Waals surface area contributed by atoms with Crippen molar-refractivity contribution >= 4 is 27.4 Å². The third-order valence-electron chi connectivity index (χ3n) is 2.89. The van der Waals surface area contributed by atoms with Crippen LogP contribution in [0, 0.1) is 0 Å². The molecular weight excluding hydrogens is 260 g/mol. The lowest BCUT2D eigenvalue weighted by Crippen LogP contribution is -1.96. The smallest absolute Gasteiger partial charge is 0.348 e. The average Bonchev–Trinajstić information content (AvgIpc) is 3.06. The fourth-order valence-corrected chi connectivity index (χ4v) is 2.94. The molecule has 0 saturated carbocycles. The SMILES string of the molecule is COC(=O)c1cc2cc(Cn3ccnc3)ccc2s1. The number of thiophene rings is 1. The van der Waals surface area contributed by atoms with Crippen molar-refractivity contribution in [2.45, 2.75) is 6.54 Å². The van der Waals surface area contributed by atoms with Crippen molar-refractivity contribution in [1.82, 2.24) is 9.55 Å². The van der Waals surface area contributed by atoms with Crippen LogP contribution in [0.3, 0.4) is 0 Å². The van der Waals surface area contributed by atoms with Crippen molar-refractivity contribution in [2.24, 2.45) is 0 Å². The number of fused-ring (bicyclic) bond motifs is 1. The van der Waals surface area contributed by atoms with Gasteiger partial charge in [0.05, 0.1) is 13.4 Å². The van der Waals surface area contributed by atoms with Gasteiger partial charge in [-0.15, -0.1) is 11.3 Å². The molecule has 0 aliphatic heterocycles. The van der Waals surface area contributed by atoms with Gasteiger partial charge in [-0.2, -0.15) is 0 Å². The number of methoxy groups -OCH3 is 1. The maximum Gasteiger partial charge on any atom is 0.348 e. The number of imidazole rings is 1. The Bertz CT molecular complexity index is 716. The molecular formula is C14H12N2O2S. The van der Waals surface area contributed by atoms with Crippen LogP contribution in [-0.4, -0.2) is 22.6 Å². The van der Waals surface area contributed by atoms with Gasteiger partial charge in [-0.3, -0.25) is 0 Å². The van der Waals surface area contributed by atoms with Gasteiger partial charge in [-0.25, -0.2) is 9.78 Å². The number of benzene rings is 1. The number of aromatic nitrogens is 2. The summed E-state index contributed by atoms with van der Waals surface area (Å²) in [6.07, 6.45) is 5.48. The van der Waals surface area contributed by atoms with Crippen LogP contribution >= 0.6 is 11.3 Å². The van der Waals surface area contributed by atoms with E-state index < -0.39 is 0 Å². The van der Waals surface area contributed by atoms with E-state index in [0.29, 0.717) is 4.88 Å². The predicted octanol–water partition coefficient (Wildman–Crippen LogP) is 2.93. The van der Waals surface area contributed by atoms with Gasteiger partial charge in [0.25, 0.3) is 0 Å². The van der Waals surface area contributed by atoms with Gasteiger partial charge in [0.2, 0.25) is 0 Å². The molecule has 5 heteroatoms. The van der Waals surface area contributed by atoms with E-state index in [9.17, 15) is 4.79 Å².